The second-order valence-electron chi connectivity index (χ2n) is 8.16. The van der Waals surface area contributed by atoms with Crippen molar-refractivity contribution in [1.82, 2.24) is 0 Å². The SMILES string of the molecule is CCOC(=O)COc1ccccc1C(=O)Nc1ccc(C(=O)N2CCCCc3ccccc32)cc1. The van der Waals surface area contributed by atoms with Crippen LogP contribution in [-0.2, 0) is 16.0 Å². The van der Waals surface area contributed by atoms with E-state index in [1.165, 1.54) is 5.56 Å². The van der Waals surface area contributed by atoms with Crippen LogP contribution in [0.4, 0.5) is 11.4 Å². The Morgan fingerprint density at radius 2 is 1.66 bits per heavy atom. The zero-order valence-electron chi connectivity index (χ0n) is 19.7. The molecule has 1 aliphatic heterocycles. The highest BCUT2D eigenvalue weighted by molar-refractivity contribution is 6.08. The molecule has 180 valence electrons. The molecule has 0 aliphatic carbocycles. The van der Waals surface area contributed by atoms with Crippen molar-refractivity contribution in [3.63, 3.8) is 0 Å². The molecule has 0 radical (unpaired) electrons. The van der Waals surface area contributed by atoms with Crippen LogP contribution in [0.15, 0.2) is 72.8 Å². The number of benzene rings is 3. The Morgan fingerprint density at radius 3 is 2.46 bits per heavy atom. The standard InChI is InChI=1S/C28H28N2O5/c1-2-34-26(31)19-35-25-13-6-4-11-23(25)27(32)29-22-16-14-21(15-17-22)28(33)30-18-8-7-10-20-9-3-5-12-24(20)30/h3-6,9,11-17H,2,7-8,10,18-19H2,1H3,(H,29,32). The number of carbonyl (C=O) groups is 3. The van der Waals surface area contributed by atoms with E-state index in [-0.39, 0.29) is 36.3 Å². The van der Waals surface area contributed by atoms with E-state index in [1.54, 1.807) is 55.5 Å². The number of rotatable bonds is 7. The predicted octanol–water partition coefficient (Wildman–Crippen LogP) is 4.86. The van der Waals surface area contributed by atoms with Crippen LogP contribution in [-0.4, -0.2) is 37.5 Å². The molecule has 4 rings (SSSR count). The number of aryl methyl sites for hydroxylation is 1. The molecule has 1 aliphatic rings. The van der Waals surface area contributed by atoms with Gasteiger partial charge >= 0.3 is 5.97 Å². The first-order valence-electron chi connectivity index (χ1n) is 11.8. The van der Waals surface area contributed by atoms with Gasteiger partial charge in [-0.2, -0.15) is 0 Å². The van der Waals surface area contributed by atoms with Crippen molar-refractivity contribution in [2.24, 2.45) is 0 Å². The lowest BCUT2D eigenvalue weighted by atomic mass is 10.1. The summed E-state index contributed by atoms with van der Waals surface area (Å²) in [5, 5.41) is 2.82. The van der Waals surface area contributed by atoms with Gasteiger partial charge in [0.1, 0.15) is 5.75 Å². The Balaban J connectivity index is 1.44. The minimum atomic E-state index is -0.505. The third-order valence-corrected chi connectivity index (χ3v) is 5.78. The van der Waals surface area contributed by atoms with Crippen LogP contribution in [0.25, 0.3) is 0 Å². The number of esters is 1. The fraction of sp³-hybridized carbons (Fsp3) is 0.250. The van der Waals surface area contributed by atoms with Crippen molar-refractivity contribution >= 4 is 29.2 Å². The van der Waals surface area contributed by atoms with Gasteiger partial charge in [0, 0.05) is 23.5 Å². The molecular formula is C28H28N2O5. The van der Waals surface area contributed by atoms with E-state index in [2.05, 4.69) is 11.4 Å². The quantitative estimate of drug-likeness (QED) is 0.496. The third-order valence-electron chi connectivity index (χ3n) is 5.78. The molecule has 0 spiro atoms. The maximum absolute atomic E-state index is 13.3. The van der Waals surface area contributed by atoms with Gasteiger partial charge in [-0.3, -0.25) is 9.59 Å². The van der Waals surface area contributed by atoms with Crippen molar-refractivity contribution in [1.29, 1.82) is 0 Å². The molecule has 0 aromatic heterocycles. The van der Waals surface area contributed by atoms with Crippen LogP contribution in [0.3, 0.4) is 0 Å². The number of hydrogen-bond donors (Lipinski definition) is 1. The van der Waals surface area contributed by atoms with E-state index < -0.39 is 5.97 Å². The first-order valence-corrected chi connectivity index (χ1v) is 11.8. The highest BCUT2D eigenvalue weighted by Crippen LogP contribution is 2.28. The number of fused-ring (bicyclic) bond motifs is 1. The minimum Gasteiger partial charge on any atom is -0.481 e. The number of amides is 2. The van der Waals surface area contributed by atoms with Crippen molar-refractivity contribution < 1.29 is 23.9 Å². The molecule has 0 unspecified atom stereocenters. The molecule has 0 bridgehead atoms. The molecule has 0 saturated heterocycles. The molecule has 35 heavy (non-hydrogen) atoms. The number of ether oxygens (including phenoxy) is 2. The number of para-hydroxylation sites is 2. The highest BCUT2D eigenvalue weighted by atomic mass is 16.6. The summed E-state index contributed by atoms with van der Waals surface area (Å²) in [6.07, 6.45) is 2.97. The summed E-state index contributed by atoms with van der Waals surface area (Å²) in [5.74, 6) is -0.667. The van der Waals surface area contributed by atoms with Gasteiger partial charge in [-0.25, -0.2) is 4.79 Å². The van der Waals surface area contributed by atoms with Crippen molar-refractivity contribution in [2.45, 2.75) is 26.2 Å². The van der Waals surface area contributed by atoms with Crippen molar-refractivity contribution in [2.75, 3.05) is 30.0 Å². The first-order chi connectivity index (χ1) is 17.1. The van der Waals surface area contributed by atoms with Gasteiger partial charge < -0.3 is 19.7 Å². The summed E-state index contributed by atoms with van der Waals surface area (Å²) in [7, 11) is 0. The number of anilines is 2. The molecule has 1 N–H and O–H groups in total. The van der Waals surface area contributed by atoms with Gasteiger partial charge in [-0.15, -0.1) is 0 Å². The molecule has 0 saturated carbocycles. The van der Waals surface area contributed by atoms with E-state index in [0.29, 0.717) is 17.8 Å². The zero-order chi connectivity index (χ0) is 24.6. The van der Waals surface area contributed by atoms with Crippen LogP contribution in [0, 0.1) is 0 Å². The van der Waals surface area contributed by atoms with E-state index >= 15 is 0 Å². The van der Waals surface area contributed by atoms with Crippen LogP contribution in [0.2, 0.25) is 0 Å². The molecule has 0 atom stereocenters. The van der Waals surface area contributed by atoms with Gasteiger partial charge in [0.15, 0.2) is 6.61 Å². The van der Waals surface area contributed by atoms with E-state index in [9.17, 15) is 14.4 Å². The molecule has 1 heterocycles. The largest absolute Gasteiger partial charge is 0.481 e. The summed E-state index contributed by atoms with van der Waals surface area (Å²) in [4.78, 5) is 39.6. The van der Waals surface area contributed by atoms with Crippen LogP contribution in [0.5, 0.6) is 5.75 Å². The average molecular weight is 473 g/mol. The van der Waals surface area contributed by atoms with Gasteiger partial charge in [0.25, 0.3) is 11.8 Å². The van der Waals surface area contributed by atoms with Crippen LogP contribution < -0.4 is 15.0 Å². The molecule has 0 fully saturated rings. The normalized spacial score (nSPS) is 12.8. The smallest absolute Gasteiger partial charge is 0.344 e. The maximum atomic E-state index is 13.3. The topological polar surface area (TPSA) is 84.9 Å². The van der Waals surface area contributed by atoms with E-state index in [0.717, 1.165) is 24.9 Å². The Morgan fingerprint density at radius 1 is 0.914 bits per heavy atom. The number of nitrogens with zero attached hydrogens (tertiary/aromatic N) is 1. The Kier molecular flexibility index (Phi) is 7.77. The Labute approximate surface area is 204 Å². The fourth-order valence-electron chi connectivity index (χ4n) is 4.07. The summed E-state index contributed by atoms with van der Waals surface area (Å²) in [5.41, 5.74) is 3.54. The fourth-order valence-corrected chi connectivity index (χ4v) is 4.07. The minimum absolute atomic E-state index is 0.0602. The molecule has 3 aromatic carbocycles. The number of hydrogen-bond acceptors (Lipinski definition) is 5. The molecular weight excluding hydrogens is 444 g/mol. The van der Waals surface area contributed by atoms with Crippen molar-refractivity contribution in [3.8, 4) is 5.75 Å². The van der Waals surface area contributed by atoms with Gasteiger partial charge in [-0.05, 0) is 74.2 Å². The summed E-state index contributed by atoms with van der Waals surface area (Å²) in [6, 6.07) is 21.5. The zero-order valence-corrected chi connectivity index (χ0v) is 19.7. The second-order valence-corrected chi connectivity index (χ2v) is 8.16. The third kappa shape index (κ3) is 5.87. The van der Waals surface area contributed by atoms with E-state index in [1.807, 2.05) is 23.1 Å². The highest BCUT2D eigenvalue weighted by Gasteiger charge is 2.22. The molecule has 3 aromatic rings. The maximum Gasteiger partial charge on any atom is 0.344 e. The molecule has 7 nitrogen and oxygen atoms in total. The lowest BCUT2D eigenvalue weighted by molar-refractivity contribution is -0.145. The summed E-state index contributed by atoms with van der Waals surface area (Å²) in [6.45, 7) is 2.36. The van der Waals surface area contributed by atoms with Gasteiger partial charge in [-0.1, -0.05) is 30.3 Å². The van der Waals surface area contributed by atoms with Gasteiger partial charge in [0.2, 0.25) is 0 Å². The predicted molar refractivity (Wildman–Crippen MR) is 134 cm³/mol. The van der Waals surface area contributed by atoms with Gasteiger partial charge in [0.05, 0.1) is 12.2 Å². The number of carbonyl (C=O) groups excluding carboxylic acids is 3. The van der Waals surface area contributed by atoms with Crippen LogP contribution in [0.1, 0.15) is 46.0 Å². The van der Waals surface area contributed by atoms with Crippen molar-refractivity contribution in [3.05, 3.63) is 89.5 Å². The van der Waals surface area contributed by atoms with Crippen LogP contribution >= 0.6 is 0 Å². The van der Waals surface area contributed by atoms with E-state index in [4.69, 9.17) is 9.47 Å². The number of nitrogens with one attached hydrogen (secondary N) is 1. The lowest BCUT2D eigenvalue weighted by Crippen LogP contribution is -2.31. The monoisotopic (exact) mass is 472 g/mol. The Bertz CT molecular complexity index is 1210. The lowest BCUT2D eigenvalue weighted by Gasteiger charge is -2.23. The first kappa shape index (κ1) is 24.0. The molecule has 7 heteroatoms. The Hall–Kier alpha value is -4.13. The molecule has 2 amide bonds. The summed E-state index contributed by atoms with van der Waals surface area (Å²) >= 11 is 0. The average Bonchev–Trinajstić information content (AvgIpc) is 3.10. The summed E-state index contributed by atoms with van der Waals surface area (Å²) < 4.78 is 10.3. The second kappa shape index (κ2) is 11.3.